The fraction of sp³-hybridized carbons (Fsp3) is 0.900. The van der Waals surface area contributed by atoms with E-state index in [-0.39, 0.29) is 11.2 Å². The Kier molecular flexibility index (Phi) is 6.21. The molecule has 0 saturated heterocycles. The van der Waals surface area contributed by atoms with Gasteiger partial charge in [-0.2, -0.15) is 11.8 Å². The highest BCUT2D eigenvalue weighted by atomic mass is 32.2. The summed E-state index contributed by atoms with van der Waals surface area (Å²) >= 11 is 1.65. The Labute approximate surface area is 86.1 Å². The van der Waals surface area contributed by atoms with Crippen molar-refractivity contribution in [2.45, 2.75) is 32.9 Å². The van der Waals surface area contributed by atoms with Crippen molar-refractivity contribution in [1.29, 1.82) is 0 Å². The fourth-order valence-electron chi connectivity index (χ4n) is 1.37. The number of carbonyl (C=O) groups excluding carboxylic acids is 1. The highest BCUT2D eigenvalue weighted by Gasteiger charge is 2.24. The lowest BCUT2D eigenvalue weighted by molar-refractivity contribution is -0.130. The van der Waals surface area contributed by atoms with Crippen LogP contribution >= 0.6 is 11.8 Å². The molecule has 0 aliphatic heterocycles. The van der Waals surface area contributed by atoms with Crippen molar-refractivity contribution >= 4 is 17.7 Å². The van der Waals surface area contributed by atoms with Gasteiger partial charge in [0.05, 0.1) is 5.25 Å². The van der Waals surface area contributed by atoms with Crippen molar-refractivity contribution in [2.75, 3.05) is 19.3 Å². The molecule has 0 aromatic rings. The van der Waals surface area contributed by atoms with Crippen LogP contribution in [0.2, 0.25) is 0 Å². The maximum atomic E-state index is 11.9. The van der Waals surface area contributed by atoms with E-state index < -0.39 is 0 Å². The van der Waals surface area contributed by atoms with Gasteiger partial charge in [0.15, 0.2) is 0 Å². The third kappa shape index (κ3) is 3.59. The number of rotatable bonds is 5. The molecule has 0 heterocycles. The largest absolute Gasteiger partial charge is 0.342 e. The zero-order chi connectivity index (χ0) is 10.4. The third-order valence-electron chi connectivity index (χ3n) is 2.18. The molecule has 78 valence electrons. The van der Waals surface area contributed by atoms with Crippen molar-refractivity contribution < 1.29 is 4.79 Å². The molecule has 2 nitrogen and oxygen atoms in total. The first-order valence-electron chi connectivity index (χ1n) is 4.90. The van der Waals surface area contributed by atoms with Gasteiger partial charge in [-0.3, -0.25) is 4.79 Å². The molecule has 0 N–H and O–H groups in total. The molecule has 13 heavy (non-hydrogen) atoms. The van der Waals surface area contributed by atoms with Gasteiger partial charge in [-0.15, -0.1) is 0 Å². The van der Waals surface area contributed by atoms with E-state index in [0.29, 0.717) is 5.92 Å². The number of nitrogens with zero attached hydrogens (tertiary/aromatic N) is 1. The predicted molar refractivity (Wildman–Crippen MR) is 60.1 cm³/mol. The molecule has 1 amide bonds. The molecule has 0 radical (unpaired) electrons. The molecular weight excluding hydrogens is 182 g/mol. The highest BCUT2D eigenvalue weighted by molar-refractivity contribution is 7.99. The lowest BCUT2D eigenvalue weighted by Crippen LogP contribution is -2.39. The van der Waals surface area contributed by atoms with E-state index in [4.69, 9.17) is 0 Å². The Morgan fingerprint density at radius 2 is 1.77 bits per heavy atom. The van der Waals surface area contributed by atoms with Crippen LogP contribution in [0.4, 0.5) is 0 Å². The van der Waals surface area contributed by atoms with Crippen LogP contribution in [0.5, 0.6) is 0 Å². The summed E-state index contributed by atoms with van der Waals surface area (Å²) in [5.41, 5.74) is 0. The monoisotopic (exact) mass is 203 g/mol. The Hall–Kier alpha value is -0.180. The molecule has 3 heteroatoms. The smallest absolute Gasteiger partial charge is 0.235 e. The molecule has 0 aromatic carbocycles. The molecular formula is C10H21NOS. The molecule has 1 atom stereocenters. The molecule has 0 aromatic heterocycles. The first-order chi connectivity index (χ1) is 6.08. The molecule has 0 fully saturated rings. The first-order valence-corrected chi connectivity index (χ1v) is 6.18. The molecule has 1 unspecified atom stereocenters. The summed E-state index contributed by atoms with van der Waals surface area (Å²) < 4.78 is 0. The van der Waals surface area contributed by atoms with Gasteiger partial charge < -0.3 is 4.90 Å². The van der Waals surface area contributed by atoms with Crippen LogP contribution in [0, 0.1) is 5.92 Å². The lowest BCUT2D eigenvalue weighted by Gasteiger charge is -2.26. The topological polar surface area (TPSA) is 20.3 Å². The average Bonchev–Trinajstić information content (AvgIpc) is 2.07. The zero-order valence-electron chi connectivity index (χ0n) is 9.33. The van der Waals surface area contributed by atoms with E-state index in [1.807, 2.05) is 25.0 Å². The summed E-state index contributed by atoms with van der Waals surface area (Å²) in [5, 5.41) is 0.125. The quantitative estimate of drug-likeness (QED) is 0.683. The van der Waals surface area contributed by atoms with E-state index in [0.717, 1.165) is 13.1 Å². The normalized spacial score (nSPS) is 13.1. The van der Waals surface area contributed by atoms with E-state index in [1.54, 1.807) is 11.8 Å². The van der Waals surface area contributed by atoms with Crippen LogP contribution < -0.4 is 0 Å². The van der Waals surface area contributed by atoms with E-state index in [2.05, 4.69) is 13.8 Å². The van der Waals surface area contributed by atoms with Crippen LogP contribution in [0.3, 0.4) is 0 Å². The third-order valence-corrected chi connectivity index (χ3v) is 3.43. The second-order valence-electron chi connectivity index (χ2n) is 3.41. The van der Waals surface area contributed by atoms with Crippen molar-refractivity contribution in [1.82, 2.24) is 4.90 Å². The summed E-state index contributed by atoms with van der Waals surface area (Å²) in [6.45, 7) is 9.89. The van der Waals surface area contributed by atoms with Crippen molar-refractivity contribution in [3.8, 4) is 0 Å². The summed E-state index contributed by atoms with van der Waals surface area (Å²) in [6.07, 6.45) is 2.01. The minimum Gasteiger partial charge on any atom is -0.342 e. The molecule has 0 spiro atoms. The molecule has 0 saturated carbocycles. The zero-order valence-corrected chi connectivity index (χ0v) is 10.1. The van der Waals surface area contributed by atoms with Gasteiger partial charge in [0.1, 0.15) is 0 Å². The minimum atomic E-state index is 0.125. The highest BCUT2D eigenvalue weighted by Crippen LogP contribution is 2.18. The van der Waals surface area contributed by atoms with Crippen LogP contribution in [0.1, 0.15) is 27.7 Å². The van der Waals surface area contributed by atoms with Crippen molar-refractivity contribution in [3.05, 3.63) is 0 Å². The number of thioether (sulfide) groups is 1. The fourth-order valence-corrected chi connectivity index (χ4v) is 2.27. The lowest BCUT2D eigenvalue weighted by atomic mass is 10.1. The second kappa shape index (κ2) is 6.30. The van der Waals surface area contributed by atoms with Gasteiger partial charge in [0.2, 0.25) is 5.91 Å². The second-order valence-corrected chi connectivity index (χ2v) is 4.39. The van der Waals surface area contributed by atoms with E-state index in [1.165, 1.54) is 0 Å². The maximum Gasteiger partial charge on any atom is 0.235 e. The van der Waals surface area contributed by atoms with Gasteiger partial charge in [-0.1, -0.05) is 13.8 Å². The molecule has 0 rings (SSSR count). The molecule has 0 bridgehead atoms. The number of hydrogen-bond donors (Lipinski definition) is 0. The van der Waals surface area contributed by atoms with Crippen molar-refractivity contribution in [2.24, 2.45) is 5.92 Å². The van der Waals surface area contributed by atoms with Gasteiger partial charge in [0.25, 0.3) is 0 Å². The summed E-state index contributed by atoms with van der Waals surface area (Å²) in [7, 11) is 0. The number of carbonyl (C=O) groups is 1. The van der Waals surface area contributed by atoms with Gasteiger partial charge >= 0.3 is 0 Å². The Morgan fingerprint density at radius 1 is 1.31 bits per heavy atom. The van der Waals surface area contributed by atoms with Gasteiger partial charge in [-0.05, 0) is 26.0 Å². The van der Waals surface area contributed by atoms with Crippen LogP contribution in [0.15, 0.2) is 0 Å². The van der Waals surface area contributed by atoms with Gasteiger partial charge in [-0.25, -0.2) is 0 Å². The average molecular weight is 203 g/mol. The van der Waals surface area contributed by atoms with E-state index in [9.17, 15) is 4.79 Å². The first kappa shape index (κ1) is 12.8. The van der Waals surface area contributed by atoms with Crippen LogP contribution in [0.25, 0.3) is 0 Å². The Bertz CT molecular complexity index is 155. The van der Waals surface area contributed by atoms with Crippen LogP contribution in [-0.4, -0.2) is 35.4 Å². The standard InChI is InChI=1S/C10H21NOS/c1-6-11(7-2)10(12)9(13-5)8(3)4/h8-9H,6-7H2,1-5H3. The minimum absolute atomic E-state index is 0.125. The molecule has 0 aliphatic rings. The summed E-state index contributed by atoms with van der Waals surface area (Å²) in [5.74, 6) is 0.704. The number of amides is 1. The maximum absolute atomic E-state index is 11.9. The van der Waals surface area contributed by atoms with Gasteiger partial charge in [0, 0.05) is 13.1 Å². The Balaban J connectivity index is 4.34. The SMILES string of the molecule is CCN(CC)C(=O)C(SC)C(C)C. The molecule has 0 aliphatic carbocycles. The predicted octanol–water partition coefficient (Wildman–Crippen LogP) is 2.24. The Morgan fingerprint density at radius 3 is 2.00 bits per heavy atom. The summed E-state index contributed by atoms with van der Waals surface area (Å²) in [6, 6.07) is 0. The van der Waals surface area contributed by atoms with E-state index >= 15 is 0 Å². The summed E-state index contributed by atoms with van der Waals surface area (Å²) in [4.78, 5) is 13.8. The van der Waals surface area contributed by atoms with Crippen molar-refractivity contribution in [3.63, 3.8) is 0 Å². The van der Waals surface area contributed by atoms with Crippen LogP contribution in [-0.2, 0) is 4.79 Å². The number of hydrogen-bond acceptors (Lipinski definition) is 2.